The van der Waals surface area contributed by atoms with E-state index in [9.17, 15) is 4.79 Å². The second-order valence-corrected chi connectivity index (χ2v) is 6.25. The van der Waals surface area contributed by atoms with E-state index in [1.165, 1.54) is 0 Å². The second kappa shape index (κ2) is 6.48. The van der Waals surface area contributed by atoms with Gasteiger partial charge in [-0.3, -0.25) is 4.79 Å². The van der Waals surface area contributed by atoms with Crippen molar-refractivity contribution in [2.45, 2.75) is 38.1 Å². The average molecular weight is 288 g/mol. The molecule has 1 amide bonds. The molecular weight excluding hydrogens is 264 g/mol. The van der Waals surface area contributed by atoms with Crippen molar-refractivity contribution in [2.24, 2.45) is 5.92 Å². The molecule has 0 aliphatic carbocycles. The standard InChI is InChI=1S/C17H24N2O2/c1-12-9-15(14-6-2-3-7-16(14)19-12)17(20)18-10-13-5-4-8-21-11-13/h2-3,6-7,12-13,15,19H,4-5,8-11H2,1H3,(H,18,20). The fraction of sp³-hybridized carbons (Fsp3) is 0.588. The highest BCUT2D eigenvalue weighted by Gasteiger charge is 2.29. The summed E-state index contributed by atoms with van der Waals surface area (Å²) in [7, 11) is 0. The Bertz CT molecular complexity index is 497. The van der Waals surface area contributed by atoms with Gasteiger partial charge in [0.15, 0.2) is 0 Å². The van der Waals surface area contributed by atoms with Gasteiger partial charge in [-0.1, -0.05) is 18.2 Å². The van der Waals surface area contributed by atoms with E-state index in [4.69, 9.17) is 4.74 Å². The van der Waals surface area contributed by atoms with Crippen LogP contribution in [0.1, 0.15) is 37.7 Å². The van der Waals surface area contributed by atoms with Crippen LogP contribution >= 0.6 is 0 Å². The Kier molecular flexibility index (Phi) is 4.44. The highest BCUT2D eigenvalue weighted by atomic mass is 16.5. The molecule has 0 radical (unpaired) electrons. The van der Waals surface area contributed by atoms with E-state index < -0.39 is 0 Å². The highest BCUT2D eigenvalue weighted by molar-refractivity contribution is 5.86. The highest BCUT2D eigenvalue weighted by Crippen LogP contribution is 2.34. The lowest BCUT2D eigenvalue weighted by atomic mass is 9.86. The summed E-state index contributed by atoms with van der Waals surface area (Å²) in [5.41, 5.74) is 2.21. The third kappa shape index (κ3) is 3.38. The number of rotatable bonds is 3. The number of fused-ring (bicyclic) bond motifs is 1. The molecule has 2 aliphatic rings. The van der Waals surface area contributed by atoms with Gasteiger partial charge in [0, 0.05) is 24.9 Å². The van der Waals surface area contributed by atoms with Gasteiger partial charge in [-0.05, 0) is 43.7 Å². The zero-order valence-electron chi connectivity index (χ0n) is 12.6. The molecule has 3 rings (SSSR count). The number of amides is 1. The Hall–Kier alpha value is -1.55. The minimum Gasteiger partial charge on any atom is -0.382 e. The van der Waals surface area contributed by atoms with Crippen molar-refractivity contribution in [1.82, 2.24) is 5.32 Å². The zero-order valence-corrected chi connectivity index (χ0v) is 12.6. The van der Waals surface area contributed by atoms with E-state index in [1.807, 2.05) is 12.1 Å². The van der Waals surface area contributed by atoms with E-state index in [1.54, 1.807) is 0 Å². The van der Waals surface area contributed by atoms with E-state index in [0.29, 0.717) is 12.0 Å². The van der Waals surface area contributed by atoms with Gasteiger partial charge >= 0.3 is 0 Å². The molecule has 4 heteroatoms. The van der Waals surface area contributed by atoms with E-state index in [0.717, 1.165) is 50.3 Å². The van der Waals surface area contributed by atoms with Gasteiger partial charge in [0.25, 0.3) is 0 Å². The summed E-state index contributed by atoms with van der Waals surface area (Å²) in [6, 6.07) is 8.46. The van der Waals surface area contributed by atoms with Gasteiger partial charge in [0.2, 0.25) is 5.91 Å². The van der Waals surface area contributed by atoms with Crippen molar-refractivity contribution in [3.63, 3.8) is 0 Å². The van der Waals surface area contributed by atoms with Crippen molar-refractivity contribution >= 4 is 11.6 Å². The molecule has 1 aromatic carbocycles. The Morgan fingerprint density at radius 3 is 3.10 bits per heavy atom. The smallest absolute Gasteiger partial charge is 0.227 e. The lowest BCUT2D eigenvalue weighted by Crippen LogP contribution is -2.39. The average Bonchev–Trinajstić information content (AvgIpc) is 2.52. The molecule has 21 heavy (non-hydrogen) atoms. The Balaban J connectivity index is 1.64. The van der Waals surface area contributed by atoms with Gasteiger partial charge in [-0.15, -0.1) is 0 Å². The molecule has 0 bridgehead atoms. The SMILES string of the molecule is CC1CC(C(=O)NCC2CCCOC2)c2ccccc2N1. The number of hydrogen-bond acceptors (Lipinski definition) is 3. The molecule has 4 nitrogen and oxygen atoms in total. The topological polar surface area (TPSA) is 50.4 Å². The van der Waals surface area contributed by atoms with E-state index in [2.05, 4.69) is 29.7 Å². The van der Waals surface area contributed by atoms with Crippen LogP contribution in [0.15, 0.2) is 24.3 Å². The number of anilines is 1. The van der Waals surface area contributed by atoms with Crippen molar-refractivity contribution in [3.8, 4) is 0 Å². The zero-order chi connectivity index (χ0) is 14.7. The van der Waals surface area contributed by atoms with Crippen molar-refractivity contribution in [3.05, 3.63) is 29.8 Å². The molecule has 0 spiro atoms. The molecule has 1 saturated heterocycles. The van der Waals surface area contributed by atoms with Gasteiger partial charge in [0.05, 0.1) is 12.5 Å². The first kappa shape index (κ1) is 14.4. The van der Waals surface area contributed by atoms with Gasteiger partial charge < -0.3 is 15.4 Å². The Labute approximate surface area is 126 Å². The molecule has 3 atom stereocenters. The molecule has 0 saturated carbocycles. The van der Waals surface area contributed by atoms with Crippen LogP contribution in [0.4, 0.5) is 5.69 Å². The van der Waals surface area contributed by atoms with Gasteiger partial charge in [0.1, 0.15) is 0 Å². The largest absolute Gasteiger partial charge is 0.382 e. The number of para-hydroxylation sites is 1. The third-order valence-corrected chi connectivity index (χ3v) is 4.46. The monoisotopic (exact) mass is 288 g/mol. The number of benzene rings is 1. The fourth-order valence-electron chi connectivity index (χ4n) is 3.32. The summed E-state index contributed by atoms with van der Waals surface area (Å²) in [4.78, 5) is 12.6. The molecule has 2 N–H and O–H groups in total. The number of carbonyl (C=O) groups excluding carboxylic acids is 1. The van der Waals surface area contributed by atoms with Crippen molar-refractivity contribution in [2.75, 3.05) is 25.1 Å². The summed E-state index contributed by atoms with van der Waals surface area (Å²) in [5.74, 6) is 0.584. The lowest BCUT2D eigenvalue weighted by molar-refractivity contribution is -0.123. The molecule has 1 aromatic rings. The van der Waals surface area contributed by atoms with Crippen LogP contribution in [0, 0.1) is 5.92 Å². The molecular formula is C17H24N2O2. The number of nitrogens with one attached hydrogen (secondary N) is 2. The summed E-state index contributed by atoms with van der Waals surface area (Å²) in [6.45, 7) is 4.51. The van der Waals surface area contributed by atoms with Crippen LogP contribution in [0.2, 0.25) is 0 Å². The van der Waals surface area contributed by atoms with Crippen LogP contribution in [-0.4, -0.2) is 31.7 Å². The lowest BCUT2D eigenvalue weighted by Gasteiger charge is -2.31. The molecule has 2 heterocycles. The van der Waals surface area contributed by atoms with Gasteiger partial charge in [-0.25, -0.2) is 0 Å². The van der Waals surface area contributed by atoms with E-state index in [-0.39, 0.29) is 11.8 Å². The van der Waals surface area contributed by atoms with Crippen LogP contribution in [-0.2, 0) is 9.53 Å². The molecule has 3 unspecified atom stereocenters. The quantitative estimate of drug-likeness (QED) is 0.898. The van der Waals surface area contributed by atoms with Crippen molar-refractivity contribution < 1.29 is 9.53 Å². The second-order valence-electron chi connectivity index (χ2n) is 6.25. The first-order valence-corrected chi connectivity index (χ1v) is 7.95. The molecule has 2 aliphatic heterocycles. The number of ether oxygens (including phenoxy) is 1. The minimum absolute atomic E-state index is 0.0399. The predicted molar refractivity (Wildman–Crippen MR) is 83.4 cm³/mol. The molecule has 114 valence electrons. The summed E-state index contributed by atoms with van der Waals surface area (Å²) >= 11 is 0. The maximum absolute atomic E-state index is 12.6. The van der Waals surface area contributed by atoms with Crippen LogP contribution in [0.25, 0.3) is 0 Å². The fourth-order valence-corrected chi connectivity index (χ4v) is 3.32. The van der Waals surface area contributed by atoms with E-state index >= 15 is 0 Å². The summed E-state index contributed by atoms with van der Waals surface area (Å²) < 4.78 is 5.47. The molecule has 1 fully saturated rings. The van der Waals surface area contributed by atoms with Crippen LogP contribution in [0.3, 0.4) is 0 Å². The third-order valence-electron chi connectivity index (χ3n) is 4.46. The normalized spacial score (nSPS) is 28.3. The number of carbonyl (C=O) groups is 1. The van der Waals surface area contributed by atoms with Gasteiger partial charge in [-0.2, -0.15) is 0 Å². The van der Waals surface area contributed by atoms with Crippen LogP contribution < -0.4 is 10.6 Å². The maximum atomic E-state index is 12.6. The Morgan fingerprint density at radius 2 is 2.29 bits per heavy atom. The predicted octanol–water partition coefficient (Wildman–Crippen LogP) is 2.52. The Morgan fingerprint density at radius 1 is 1.43 bits per heavy atom. The first-order chi connectivity index (χ1) is 10.2. The van der Waals surface area contributed by atoms with Crippen molar-refractivity contribution in [1.29, 1.82) is 0 Å². The summed E-state index contributed by atoms with van der Waals surface area (Å²) in [6.07, 6.45) is 3.11. The van der Waals surface area contributed by atoms with Crippen LogP contribution in [0.5, 0.6) is 0 Å². The molecule has 0 aromatic heterocycles. The minimum atomic E-state index is -0.0399. The maximum Gasteiger partial charge on any atom is 0.227 e. The first-order valence-electron chi connectivity index (χ1n) is 7.95. The number of hydrogen-bond donors (Lipinski definition) is 2. The summed E-state index contributed by atoms with van der Waals surface area (Å²) in [5, 5.41) is 6.59.